The van der Waals surface area contributed by atoms with E-state index in [1.807, 2.05) is 6.92 Å². The Bertz CT molecular complexity index is 575. The highest BCUT2D eigenvalue weighted by Gasteiger charge is 2.18. The molecule has 0 aliphatic carbocycles. The van der Waals surface area contributed by atoms with Crippen LogP contribution < -0.4 is 10.1 Å². The lowest BCUT2D eigenvalue weighted by Gasteiger charge is -2.17. The summed E-state index contributed by atoms with van der Waals surface area (Å²) in [6.07, 6.45) is 1.58. The molecule has 104 valence electrons. The molecule has 0 aliphatic heterocycles. The molecular weight excluding hydrogens is 276 g/mol. The monoisotopic (exact) mass is 290 g/mol. The van der Waals surface area contributed by atoms with E-state index in [1.54, 1.807) is 48.7 Å². The third-order valence-electron chi connectivity index (χ3n) is 2.65. The van der Waals surface area contributed by atoms with Crippen molar-refractivity contribution in [2.24, 2.45) is 0 Å². The Morgan fingerprint density at radius 1 is 1.35 bits per heavy atom. The van der Waals surface area contributed by atoms with Crippen LogP contribution >= 0.6 is 11.6 Å². The predicted octanol–water partition coefficient (Wildman–Crippen LogP) is 3.53. The van der Waals surface area contributed by atoms with Gasteiger partial charge in [0.2, 0.25) is 0 Å². The first-order valence-corrected chi connectivity index (χ1v) is 6.71. The lowest BCUT2D eigenvalue weighted by molar-refractivity contribution is -0.122. The number of halogens is 1. The molecule has 0 aliphatic rings. The number of rotatable bonds is 5. The minimum atomic E-state index is -0.588. The van der Waals surface area contributed by atoms with Gasteiger partial charge in [-0.3, -0.25) is 4.79 Å². The van der Waals surface area contributed by atoms with E-state index in [4.69, 9.17) is 16.3 Å². The summed E-state index contributed by atoms with van der Waals surface area (Å²) in [6, 6.07) is 12.3. The molecule has 1 amide bonds. The highest BCUT2D eigenvalue weighted by molar-refractivity contribution is 6.30. The third kappa shape index (κ3) is 3.96. The second kappa shape index (κ2) is 6.91. The SMILES string of the molecule is CCC(Oc1cccc(Cl)c1)C(=O)Nc1ccccn1. The Morgan fingerprint density at radius 2 is 2.20 bits per heavy atom. The summed E-state index contributed by atoms with van der Waals surface area (Å²) in [4.78, 5) is 16.2. The molecule has 1 aromatic heterocycles. The van der Waals surface area contributed by atoms with Crippen molar-refractivity contribution >= 4 is 23.3 Å². The van der Waals surface area contributed by atoms with E-state index < -0.39 is 6.10 Å². The lowest BCUT2D eigenvalue weighted by Crippen LogP contribution is -2.32. The topological polar surface area (TPSA) is 51.2 Å². The molecule has 1 atom stereocenters. The van der Waals surface area contributed by atoms with Gasteiger partial charge in [-0.05, 0) is 36.8 Å². The summed E-state index contributed by atoms with van der Waals surface area (Å²) < 4.78 is 5.65. The molecule has 0 fully saturated rings. The molecule has 0 saturated heterocycles. The predicted molar refractivity (Wildman–Crippen MR) is 79.0 cm³/mol. The fraction of sp³-hybridized carbons (Fsp3) is 0.200. The Kier molecular flexibility index (Phi) is 4.96. The van der Waals surface area contributed by atoms with Gasteiger partial charge in [-0.15, -0.1) is 0 Å². The number of pyridine rings is 1. The molecule has 0 spiro atoms. The Balaban J connectivity index is 2.02. The maximum absolute atomic E-state index is 12.1. The van der Waals surface area contributed by atoms with Gasteiger partial charge in [0.25, 0.3) is 5.91 Å². The maximum Gasteiger partial charge on any atom is 0.266 e. The van der Waals surface area contributed by atoms with Crippen molar-refractivity contribution in [1.82, 2.24) is 4.98 Å². The smallest absolute Gasteiger partial charge is 0.266 e. The van der Waals surface area contributed by atoms with Crippen LogP contribution in [0.4, 0.5) is 5.82 Å². The average molecular weight is 291 g/mol. The minimum Gasteiger partial charge on any atom is -0.481 e. The summed E-state index contributed by atoms with van der Waals surface area (Å²) >= 11 is 5.89. The highest BCUT2D eigenvalue weighted by Crippen LogP contribution is 2.19. The van der Waals surface area contributed by atoms with Gasteiger partial charge in [0.1, 0.15) is 11.6 Å². The van der Waals surface area contributed by atoms with Gasteiger partial charge >= 0.3 is 0 Å². The molecule has 2 aromatic rings. The Morgan fingerprint density at radius 3 is 2.85 bits per heavy atom. The molecule has 0 radical (unpaired) electrons. The van der Waals surface area contributed by atoms with Crippen molar-refractivity contribution in [3.8, 4) is 5.75 Å². The molecule has 0 saturated carbocycles. The van der Waals surface area contributed by atoms with Gasteiger partial charge in [0, 0.05) is 11.2 Å². The summed E-state index contributed by atoms with van der Waals surface area (Å²) in [6.45, 7) is 1.88. The first-order chi connectivity index (χ1) is 9.69. The minimum absolute atomic E-state index is 0.230. The fourth-order valence-electron chi connectivity index (χ4n) is 1.67. The number of benzene rings is 1. The number of amides is 1. The van der Waals surface area contributed by atoms with Gasteiger partial charge in [0.15, 0.2) is 6.10 Å². The van der Waals surface area contributed by atoms with Crippen LogP contribution in [0.2, 0.25) is 5.02 Å². The Hall–Kier alpha value is -2.07. The van der Waals surface area contributed by atoms with Crippen LogP contribution in [-0.2, 0) is 4.79 Å². The third-order valence-corrected chi connectivity index (χ3v) is 2.89. The van der Waals surface area contributed by atoms with Gasteiger partial charge in [-0.2, -0.15) is 0 Å². The summed E-state index contributed by atoms with van der Waals surface area (Å²) in [5.41, 5.74) is 0. The molecular formula is C15H15ClN2O2. The molecule has 0 bridgehead atoms. The largest absolute Gasteiger partial charge is 0.481 e. The van der Waals surface area contributed by atoms with Crippen molar-refractivity contribution in [3.63, 3.8) is 0 Å². The fourth-order valence-corrected chi connectivity index (χ4v) is 1.85. The van der Waals surface area contributed by atoms with E-state index in [9.17, 15) is 4.79 Å². The van der Waals surface area contributed by atoms with Crippen LogP contribution in [0.3, 0.4) is 0 Å². The number of ether oxygens (including phenoxy) is 1. The molecule has 1 N–H and O–H groups in total. The standard InChI is InChI=1S/C15H15ClN2O2/c1-2-13(20-12-7-5-6-11(16)10-12)15(19)18-14-8-3-4-9-17-14/h3-10,13H,2H2,1H3,(H,17,18,19). The van der Waals surface area contributed by atoms with E-state index in [2.05, 4.69) is 10.3 Å². The molecule has 4 nitrogen and oxygen atoms in total. The average Bonchev–Trinajstić information content (AvgIpc) is 2.46. The van der Waals surface area contributed by atoms with Crippen molar-refractivity contribution in [1.29, 1.82) is 0 Å². The number of carbonyl (C=O) groups is 1. The maximum atomic E-state index is 12.1. The normalized spacial score (nSPS) is 11.7. The van der Waals surface area contributed by atoms with Crippen LogP contribution in [0.15, 0.2) is 48.7 Å². The number of hydrogen-bond donors (Lipinski definition) is 1. The summed E-state index contributed by atoms with van der Waals surface area (Å²) in [7, 11) is 0. The molecule has 2 rings (SSSR count). The van der Waals surface area contributed by atoms with Crippen molar-refractivity contribution in [2.45, 2.75) is 19.4 Å². The summed E-state index contributed by atoms with van der Waals surface area (Å²) in [5, 5.41) is 3.29. The number of hydrogen-bond acceptors (Lipinski definition) is 3. The zero-order valence-electron chi connectivity index (χ0n) is 11.0. The highest BCUT2D eigenvalue weighted by atomic mass is 35.5. The van der Waals surface area contributed by atoms with Crippen molar-refractivity contribution in [2.75, 3.05) is 5.32 Å². The van der Waals surface area contributed by atoms with E-state index in [0.29, 0.717) is 23.0 Å². The lowest BCUT2D eigenvalue weighted by atomic mass is 10.2. The van der Waals surface area contributed by atoms with Gasteiger partial charge in [-0.1, -0.05) is 30.7 Å². The van der Waals surface area contributed by atoms with Crippen LogP contribution in [0, 0.1) is 0 Å². The number of nitrogens with one attached hydrogen (secondary N) is 1. The second-order valence-corrected chi connectivity index (χ2v) is 4.61. The number of carbonyl (C=O) groups excluding carboxylic acids is 1. The first kappa shape index (κ1) is 14.3. The van der Waals surface area contributed by atoms with Crippen LogP contribution in [0.1, 0.15) is 13.3 Å². The molecule has 1 aromatic carbocycles. The zero-order valence-corrected chi connectivity index (χ0v) is 11.8. The summed E-state index contributed by atoms with van der Waals surface area (Å²) in [5.74, 6) is 0.845. The molecule has 1 unspecified atom stereocenters. The number of anilines is 1. The van der Waals surface area contributed by atoms with E-state index in [0.717, 1.165) is 0 Å². The van der Waals surface area contributed by atoms with E-state index >= 15 is 0 Å². The van der Waals surface area contributed by atoms with Crippen molar-refractivity contribution < 1.29 is 9.53 Å². The van der Waals surface area contributed by atoms with Gasteiger partial charge in [-0.25, -0.2) is 4.98 Å². The van der Waals surface area contributed by atoms with E-state index in [1.165, 1.54) is 0 Å². The number of aromatic nitrogens is 1. The molecule has 20 heavy (non-hydrogen) atoms. The Labute approximate surface area is 122 Å². The van der Waals surface area contributed by atoms with Crippen LogP contribution in [0.25, 0.3) is 0 Å². The second-order valence-electron chi connectivity index (χ2n) is 4.18. The van der Waals surface area contributed by atoms with Crippen molar-refractivity contribution in [3.05, 3.63) is 53.7 Å². The van der Waals surface area contributed by atoms with Gasteiger partial charge < -0.3 is 10.1 Å². The zero-order chi connectivity index (χ0) is 14.4. The van der Waals surface area contributed by atoms with Gasteiger partial charge in [0.05, 0.1) is 0 Å². The first-order valence-electron chi connectivity index (χ1n) is 6.33. The number of nitrogens with zero attached hydrogens (tertiary/aromatic N) is 1. The molecule has 5 heteroatoms. The molecule has 1 heterocycles. The van der Waals surface area contributed by atoms with Crippen LogP contribution in [0.5, 0.6) is 5.75 Å². The van der Waals surface area contributed by atoms with Crippen LogP contribution in [-0.4, -0.2) is 17.0 Å². The quantitative estimate of drug-likeness (QED) is 0.916. The van der Waals surface area contributed by atoms with E-state index in [-0.39, 0.29) is 5.91 Å².